The standard InChI is InChI=1S/C13H17BrO3/c1-8-5-6-9(2)12(10(8)3)17-7-11(14)13(15)16-4/h5-6,11H,7H2,1-4H3. The molecular weight excluding hydrogens is 284 g/mol. The molecule has 0 saturated carbocycles. The number of aryl methyl sites for hydroxylation is 2. The summed E-state index contributed by atoms with van der Waals surface area (Å²) in [5.41, 5.74) is 3.35. The fourth-order valence-electron chi connectivity index (χ4n) is 1.50. The normalized spacial score (nSPS) is 12.1. The number of esters is 1. The number of hydrogen-bond donors (Lipinski definition) is 0. The Balaban J connectivity index is 2.76. The molecule has 94 valence electrons. The monoisotopic (exact) mass is 300 g/mol. The van der Waals surface area contributed by atoms with Crippen molar-refractivity contribution in [3.63, 3.8) is 0 Å². The lowest BCUT2D eigenvalue weighted by atomic mass is 10.1. The van der Waals surface area contributed by atoms with E-state index in [1.807, 2.05) is 26.8 Å². The molecule has 0 aliphatic heterocycles. The van der Waals surface area contributed by atoms with E-state index >= 15 is 0 Å². The maximum absolute atomic E-state index is 11.2. The summed E-state index contributed by atoms with van der Waals surface area (Å²) in [4.78, 5) is 10.8. The zero-order chi connectivity index (χ0) is 13.0. The van der Waals surface area contributed by atoms with Crippen LogP contribution >= 0.6 is 15.9 Å². The predicted octanol–water partition coefficient (Wildman–Crippen LogP) is 2.93. The van der Waals surface area contributed by atoms with Gasteiger partial charge in [0.2, 0.25) is 0 Å². The second-order valence-corrected chi connectivity index (χ2v) is 5.06. The number of halogens is 1. The minimum absolute atomic E-state index is 0.262. The molecule has 1 atom stereocenters. The summed E-state index contributed by atoms with van der Waals surface area (Å²) in [6.45, 7) is 6.30. The van der Waals surface area contributed by atoms with Crippen molar-refractivity contribution < 1.29 is 14.3 Å². The van der Waals surface area contributed by atoms with E-state index in [0.717, 1.165) is 16.9 Å². The van der Waals surface area contributed by atoms with Crippen molar-refractivity contribution in [2.45, 2.75) is 25.6 Å². The van der Waals surface area contributed by atoms with Crippen LogP contribution in [0.3, 0.4) is 0 Å². The Hall–Kier alpha value is -1.03. The van der Waals surface area contributed by atoms with Gasteiger partial charge in [0.15, 0.2) is 0 Å². The maximum atomic E-state index is 11.2. The van der Waals surface area contributed by atoms with E-state index in [1.54, 1.807) is 0 Å². The molecule has 0 amide bonds. The molecule has 0 heterocycles. The van der Waals surface area contributed by atoms with Crippen LogP contribution < -0.4 is 4.74 Å². The van der Waals surface area contributed by atoms with E-state index in [-0.39, 0.29) is 12.6 Å². The fraction of sp³-hybridized carbons (Fsp3) is 0.462. The fourth-order valence-corrected chi connectivity index (χ4v) is 1.82. The Bertz CT molecular complexity index is 415. The maximum Gasteiger partial charge on any atom is 0.322 e. The molecule has 0 spiro atoms. The molecule has 0 bridgehead atoms. The van der Waals surface area contributed by atoms with Crippen LogP contribution in [0.4, 0.5) is 0 Å². The van der Waals surface area contributed by atoms with Gasteiger partial charge in [-0.1, -0.05) is 28.1 Å². The second-order valence-electron chi connectivity index (χ2n) is 3.96. The highest BCUT2D eigenvalue weighted by atomic mass is 79.9. The highest BCUT2D eigenvalue weighted by Crippen LogP contribution is 2.26. The number of rotatable bonds is 4. The lowest BCUT2D eigenvalue weighted by molar-refractivity contribution is -0.140. The van der Waals surface area contributed by atoms with Crippen molar-refractivity contribution in [3.05, 3.63) is 28.8 Å². The minimum atomic E-state index is -0.438. The number of benzene rings is 1. The molecule has 1 unspecified atom stereocenters. The third-order valence-corrected chi connectivity index (χ3v) is 3.34. The van der Waals surface area contributed by atoms with Crippen molar-refractivity contribution >= 4 is 21.9 Å². The van der Waals surface area contributed by atoms with E-state index in [4.69, 9.17) is 4.74 Å². The molecule has 1 rings (SSSR count). The number of ether oxygens (including phenoxy) is 2. The van der Waals surface area contributed by atoms with Crippen molar-refractivity contribution in [2.24, 2.45) is 0 Å². The molecule has 0 saturated heterocycles. The molecule has 17 heavy (non-hydrogen) atoms. The molecule has 0 aliphatic carbocycles. The number of methoxy groups -OCH3 is 1. The van der Waals surface area contributed by atoms with Crippen LogP contribution in [0, 0.1) is 20.8 Å². The largest absolute Gasteiger partial charge is 0.491 e. The number of carbonyl (C=O) groups is 1. The van der Waals surface area contributed by atoms with Crippen LogP contribution in [0.2, 0.25) is 0 Å². The zero-order valence-corrected chi connectivity index (χ0v) is 12.1. The van der Waals surface area contributed by atoms with Crippen molar-refractivity contribution in [1.82, 2.24) is 0 Å². The molecule has 0 aromatic heterocycles. The average Bonchev–Trinajstić information content (AvgIpc) is 2.32. The highest BCUT2D eigenvalue weighted by molar-refractivity contribution is 9.10. The number of alkyl halides is 1. The van der Waals surface area contributed by atoms with Gasteiger partial charge in [0.05, 0.1) is 7.11 Å². The van der Waals surface area contributed by atoms with Crippen molar-refractivity contribution in [2.75, 3.05) is 13.7 Å². The molecule has 3 nitrogen and oxygen atoms in total. The Labute approximate surface area is 110 Å². The summed E-state index contributed by atoms with van der Waals surface area (Å²) < 4.78 is 10.3. The summed E-state index contributed by atoms with van der Waals surface area (Å²) in [5, 5.41) is 0. The van der Waals surface area contributed by atoms with Gasteiger partial charge in [-0.05, 0) is 37.5 Å². The van der Waals surface area contributed by atoms with Gasteiger partial charge in [0.1, 0.15) is 17.2 Å². The Morgan fingerprint density at radius 2 is 1.88 bits per heavy atom. The van der Waals surface area contributed by atoms with Gasteiger partial charge in [0, 0.05) is 0 Å². The third kappa shape index (κ3) is 3.46. The third-order valence-electron chi connectivity index (χ3n) is 2.70. The van der Waals surface area contributed by atoms with Crippen LogP contribution in [-0.2, 0) is 9.53 Å². The molecule has 1 aromatic rings. The summed E-state index contributed by atoms with van der Waals surface area (Å²) >= 11 is 3.23. The molecule has 0 fully saturated rings. The van der Waals surface area contributed by atoms with Crippen molar-refractivity contribution in [3.8, 4) is 5.75 Å². The van der Waals surface area contributed by atoms with Crippen LogP contribution in [0.15, 0.2) is 12.1 Å². The van der Waals surface area contributed by atoms with Crippen LogP contribution in [0.5, 0.6) is 5.75 Å². The summed E-state index contributed by atoms with van der Waals surface area (Å²) in [5.74, 6) is 0.520. The van der Waals surface area contributed by atoms with Crippen LogP contribution in [0.25, 0.3) is 0 Å². The average molecular weight is 301 g/mol. The minimum Gasteiger partial charge on any atom is -0.491 e. The zero-order valence-electron chi connectivity index (χ0n) is 10.5. The Kier molecular flexibility index (Phi) is 5.00. The summed E-state index contributed by atoms with van der Waals surface area (Å²) in [6, 6.07) is 4.07. The lowest BCUT2D eigenvalue weighted by Crippen LogP contribution is -2.23. The van der Waals surface area contributed by atoms with Crippen molar-refractivity contribution in [1.29, 1.82) is 0 Å². The Morgan fingerprint density at radius 1 is 1.29 bits per heavy atom. The van der Waals surface area contributed by atoms with E-state index in [1.165, 1.54) is 12.7 Å². The van der Waals surface area contributed by atoms with E-state index < -0.39 is 4.83 Å². The number of carbonyl (C=O) groups excluding carboxylic acids is 1. The lowest BCUT2D eigenvalue weighted by Gasteiger charge is -2.15. The molecule has 0 N–H and O–H groups in total. The first-order valence-electron chi connectivity index (χ1n) is 5.39. The summed E-state index contributed by atoms with van der Waals surface area (Å²) in [7, 11) is 1.36. The Morgan fingerprint density at radius 3 is 2.47 bits per heavy atom. The van der Waals surface area contributed by atoms with Gasteiger partial charge < -0.3 is 9.47 Å². The van der Waals surface area contributed by atoms with Crippen LogP contribution in [-0.4, -0.2) is 24.5 Å². The second kappa shape index (κ2) is 6.05. The van der Waals surface area contributed by atoms with Gasteiger partial charge >= 0.3 is 5.97 Å². The quantitative estimate of drug-likeness (QED) is 0.633. The first-order chi connectivity index (χ1) is 7.97. The first kappa shape index (κ1) is 14.0. The predicted molar refractivity (Wildman–Crippen MR) is 70.9 cm³/mol. The molecule has 1 aromatic carbocycles. The molecular formula is C13H17BrO3. The molecule has 0 radical (unpaired) electrons. The van der Waals surface area contributed by atoms with Gasteiger partial charge in [0.25, 0.3) is 0 Å². The summed E-state index contributed by atoms with van der Waals surface area (Å²) in [6.07, 6.45) is 0. The van der Waals surface area contributed by atoms with Gasteiger partial charge in [-0.25, -0.2) is 0 Å². The van der Waals surface area contributed by atoms with E-state index in [0.29, 0.717) is 0 Å². The first-order valence-corrected chi connectivity index (χ1v) is 6.30. The molecule has 0 aliphatic rings. The van der Waals surface area contributed by atoms with E-state index in [2.05, 4.69) is 26.7 Å². The van der Waals surface area contributed by atoms with E-state index in [9.17, 15) is 4.79 Å². The topological polar surface area (TPSA) is 35.5 Å². The van der Waals surface area contributed by atoms with Gasteiger partial charge in [-0.2, -0.15) is 0 Å². The molecule has 4 heteroatoms. The van der Waals surface area contributed by atoms with Gasteiger partial charge in [-0.15, -0.1) is 0 Å². The van der Waals surface area contributed by atoms with Gasteiger partial charge in [-0.3, -0.25) is 4.79 Å². The van der Waals surface area contributed by atoms with Crippen LogP contribution in [0.1, 0.15) is 16.7 Å². The highest BCUT2D eigenvalue weighted by Gasteiger charge is 2.17. The number of hydrogen-bond acceptors (Lipinski definition) is 3. The SMILES string of the molecule is COC(=O)C(Br)COc1c(C)ccc(C)c1C. The smallest absolute Gasteiger partial charge is 0.322 e.